The first-order chi connectivity index (χ1) is 6.86. The predicted molar refractivity (Wildman–Crippen MR) is 53.2 cm³/mol. The number of allylic oxidation sites excluding steroid dienone is 2. The maximum Gasteiger partial charge on any atom is 0.232 e. The van der Waals surface area contributed by atoms with E-state index in [4.69, 9.17) is 0 Å². The molecule has 2 aliphatic heterocycles. The van der Waals surface area contributed by atoms with E-state index in [-0.39, 0.29) is 12.1 Å². The molecule has 3 unspecified atom stereocenters. The Labute approximate surface area is 83.5 Å². The fourth-order valence-corrected chi connectivity index (χ4v) is 2.71. The molecule has 3 heteroatoms. The topological polar surface area (TPSA) is 32.3 Å². The van der Waals surface area contributed by atoms with Crippen LogP contribution in [0.5, 0.6) is 0 Å². The predicted octanol–water partition coefficient (Wildman–Crippen LogP) is 0.996. The van der Waals surface area contributed by atoms with E-state index in [0.717, 1.165) is 12.8 Å². The summed E-state index contributed by atoms with van der Waals surface area (Å²) in [6.45, 7) is 0. The van der Waals surface area contributed by atoms with E-state index in [1.807, 2.05) is 29.3 Å². The molecule has 74 valence electrons. The summed E-state index contributed by atoms with van der Waals surface area (Å²) in [5.41, 5.74) is 0. The summed E-state index contributed by atoms with van der Waals surface area (Å²) in [5, 5.41) is 3.51. The summed E-state index contributed by atoms with van der Waals surface area (Å²) in [5.74, 6) is 0.527. The number of nitrogens with one attached hydrogen (secondary N) is 1. The van der Waals surface area contributed by atoms with E-state index < -0.39 is 0 Å². The second kappa shape index (κ2) is 2.95. The Morgan fingerprint density at radius 2 is 2.29 bits per heavy atom. The molecule has 3 aliphatic rings. The summed E-state index contributed by atoms with van der Waals surface area (Å²) in [7, 11) is 0. The molecule has 1 N–H and O–H groups in total. The molecular weight excluding hydrogens is 176 g/mol. The molecule has 3 nitrogen and oxygen atoms in total. The monoisotopic (exact) mass is 190 g/mol. The van der Waals surface area contributed by atoms with Crippen LogP contribution in [0.1, 0.15) is 19.3 Å². The minimum absolute atomic E-state index is 0.104. The average Bonchev–Trinajstić information content (AvgIpc) is 2.66. The Morgan fingerprint density at radius 3 is 3.21 bits per heavy atom. The molecule has 2 heterocycles. The maximum atomic E-state index is 12.0. The fourth-order valence-electron chi connectivity index (χ4n) is 2.71. The number of carbonyl (C=O) groups is 1. The highest BCUT2D eigenvalue weighted by molar-refractivity contribution is 5.82. The molecule has 0 bridgehead atoms. The van der Waals surface area contributed by atoms with Gasteiger partial charge < -0.3 is 0 Å². The smallest absolute Gasteiger partial charge is 0.232 e. The van der Waals surface area contributed by atoms with Gasteiger partial charge in [0.2, 0.25) is 5.91 Å². The third-order valence-electron chi connectivity index (χ3n) is 3.42. The fraction of sp³-hybridized carbons (Fsp3) is 0.545. The standard InChI is InChI=1S/C11H14N2O/c14-11-8-4-3-5-9(8)12-10-6-1-2-7-13(10)11/h1-2,6-10,12H,3-5H2. The van der Waals surface area contributed by atoms with Crippen LogP contribution in [-0.4, -0.2) is 23.0 Å². The van der Waals surface area contributed by atoms with Crippen LogP contribution < -0.4 is 5.32 Å². The molecule has 1 saturated heterocycles. The summed E-state index contributed by atoms with van der Waals surface area (Å²) in [6.07, 6.45) is 11.3. The van der Waals surface area contributed by atoms with Crippen molar-refractivity contribution in [2.24, 2.45) is 5.92 Å². The lowest BCUT2D eigenvalue weighted by Gasteiger charge is -2.40. The Balaban J connectivity index is 1.90. The Bertz CT molecular complexity index is 321. The molecule has 0 aromatic rings. The Hall–Kier alpha value is -1.09. The van der Waals surface area contributed by atoms with E-state index in [0.29, 0.717) is 11.9 Å². The molecule has 0 aromatic heterocycles. The molecule has 0 radical (unpaired) electrons. The minimum atomic E-state index is 0.104. The first-order valence-corrected chi connectivity index (χ1v) is 5.29. The van der Waals surface area contributed by atoms with E-state index in [9.17, 15) is 4.79 Å². The zero-order chi connectivity index (χ0) is 9.54. The molecule has 0 aromatic carbocycles. The van der Waals surface area contributed by atoms with Crippen molar-refractivity contribution in [1.29, 1.82) is 0 Å². The number of rotatable bonds is 0. The van der Waals surface area contributed by atoms with Crippen molar-refractivity contribution in [3.8, 4) is 0 Å². The number of fused-ring (bicyclic) bond motifs is 2. The van der Waals surface area contributed by atoms with Crippen molar-refractivity contribution < 1.29 is 4.79 Å². The van der Waals surface area contributed by atoms with Gasteiger partial charge in [-0.3, -0.25) is 15.0 Å². The lowest BCUT2D eigenvalue weighted by molar-refractivity contribution is -0.138. The van der Waals surface area contributed by atoms with Gasteiger partial charge in [-0.15, -0.1) is 0 Å². The molecule has 1 amide bonds. The SMILES string of the molecule is O=C1C2CCCC2NC2C=CC=CN12. The van der Waals surface area contributed by atoms with Crippen LogP contribution in [0, 0.1) is 5.92 Å². The van der Waals surface area contributed by atoms with Gasteiger partial charge in [-0.25, -0.2) is 0 Å². The van der Waals surface area contributed by atoms with Crippen molar-refractivity contribution in [3.63, 3.8) is 0 Å². The second-order valence-electron chi connectivity index (χ2n) is 4.23. The Kier molecular flexibility index (Phi) is 1.74. The first kappa shape index (κ1) is 8.24. The molecule has 3 rings (SSSR count). The van der Waals surface area contributed by atoms with E-state index >= 15 is 0 Å². The molecule has 2 fully saturated rings. The van der Waals surface area contributed by atoms with Gasteiger partial charge in [0, 0.05) is 12.2 Å². The van der Waals surface area contributed by atoms with Gasteiger partial charge in [0.1, 0.15) is 6.17 Å². The number of nitrogens with zero attached hydrogens (tertiary/aromatic N) is 1. The lowest BCUT2D eigenvalue weighted by atomic mass is 9.97. The number of carbonyl (C=O) groups excluding carboxylic acids is 1. The largest absolute Gasteiger partial charge is 0.299 e. The summed E-state index contributed by atoms with van der Waals surface area (Å²) in [4.78, 5) is 13.9. The van der Waals surface area contributed by atoms with Crippen LogP contribution in [0.2, 0.25) is 0 Å². The van der Waals surface area contributed by atoms with Crippen molar-refractivity contribution in [1.82, 2.24) is 10.2 Å². The van der Waals surface area contributed by atoms with Gasteiger partial charge in [0.15, 0.2) is 0 Å². The highest BCUT2D eigenvalue weighted by atomic mass is 16.2. The summed E-state index contributed by atoms with van der Waals surface area (Å²) in [6, 6.07) is 0.417. The maximum absolute atomic E-state index is 12.0. The number of hydrogen-bond donors (Lipinski definition) is 1. The summed E-state index contributed by atoms with van der Waals surface area (Å²) < 4.78 is 0. The molecule has 3 atom stereocenters. The van der Waals surface area contributed by atoms with Crippen molar-refractivity contribution >= 4 is 5.91 Å². The number of amides is 1. The average molecular weight is 190 g/mol. The van der Waals surface area contributed by atoms with Gasteiger partial charge in [-0.2, -0.15) is 0 Å². The van der Waals surface area contributed by atoms with Gasteiger partial charge in [-0.1, -0.05) is 12.5 Å². The third-order valence-corrected chi connectivity index (χ3v) is 3.42. The van der Waals surface area contributed by atoms with Gasteiger partial charge in [0.05, 0.1) is 5.92 Å². The van der Waals surface area contributed by atoms with Crippen LogP contribution in [0.15, 0.2) is 24.4 Å². The quantitative estimate of drug-likeness (QED) is 0.618. The molecule has 1 aliphatic carbocycles. The second-order valence-corrected chi connectivity index (χ2v) is 4.23. The molecular formula is C11H14N2O. The lowest BCUT2D eigenvalue weighted by Crippen LogP contribution is -2.59. The van der Waals surface area contributed by atoms with Gasteiger partial charge in [-0.05, 0) is 25.0 Å². The normalized spacial score (nSPS) is 39.9. The minimum Gasteiger partial charge on any atom is -0.299 e. The van der Waals surface area contributed by atoms with Crippen LogP contribution in [0.4, 0.5) is 0 Å². The third kappa shape index (κ3) is 1.05. The zero-order valence-electron chi connectivity index (χ0n) is 8.02. The van der Waals surface area contributed by atoms with Crippen LogP contribution in [0.3, 0.4) is 0 Å². The molecule has 1 saturated carbocycles. The highest BCUT2D eigenvalue weighted by Gasteiger charge is 2.42. The van der Waals surface area contributed by atoms with Crippen LogP contribution >= 0.6 is 0 Å². The Morgan fingerprint density at radius 1 is 1.36 bits per heavy atom. The van der Waals surface area contributed by atoms with E-state index in [1.54, 1.807) is 0 Å². The highest BCUT2D eigenvalue weighted by Crippen LogP contribution is 2.32. The van der Waals surface area contributed by atoms with Crippen molar-refractivity contribution in [2.75, 3.05) is 0 Å². The van der Waals surface area contributed by atoms with Crippen molar-refractivity contribution in [2.45, 2.75) is 31.5 Å². The number of hydrogen-bond acceptors (Lipinski definition) is 2. The molecule has 14 heavy (non-hydrogen) atoms. The van der Waals surface area contributed by atoms with E-state index in [1.165, 1.54) is 6.42 Å². The van der Waals surface area contributed by atoms with Gasteiger partial charge >= 0.3 is 0 Å². The first-order valence-electron chi connectivity index (χ1n) is 5.29. The zero-order valence-corrected chi connectivity index (χ0v) is 8.02. The molecule has 0 spiro atoms. The van der Waals surface area contributed by atoms with Crippen LogP contribution in [0.25, 0.3) is 0 Å². The van der Waals surface area contributed by atoms with Gasteiger partial charge in [0.25, 0.3) is 0 Å². The van der Waals surface area contributed by atoms with Crippen LogP contribution in [-0.2, 0) is 4.79 Å². The van der Waals surface area contributed by atoms with Crippen molar-refractivity contribution in [3.05, 3.63) is 24.4 Å². The van der Waals surface area contributed by atoms with E-state index in [2.05, 4.69) is 5.32 Å². The summed E-state index contributed by atoms with van der Waals surface area (Å²) >= 11 is 0.